The molecule has 0 aliphatic carbocycles. The Kier molecular flexibility index (Phi) is 3.95. The van der Waals surface area contributed by atoms with Crippen LogP contribution in [0.4, 0.5) is 0 Å². The van der Waals surface area contributed by atoms with Crippen LogP contribution < -0.4 is 0 Å². The second-order valence-corrected chi connectivity index (χ2v) is 5.26. The number of Topliss-reactive ketones (excluding diaryl/α,β-unsaturated/α-hetero) is 1. The number of hydrogen-bond acceptors (Lipinski definition) is 2. The van der Waals surface area contributed by atoms with E-state index in [1.807, 2.05) is 6.07 Å². The molecule has 1 heterocycles. The number of rotatable bonds is 3. The summed E-state index contributed by atoms with van der Waals surface area (Å²) < 4.78 is 0. The number of carbonyl (C=O) groups excluding carboxylic acids is 1. The lowest BCUT2D eigenvalue weighted by atomic mass is 9.91. The topological polar surface area (TPSA) is 20.3 Å². The molecule has 1 atom stereocenters. The van der Waals surface area contributed by atoms with Crippen molar-refractivity contribution in [3.05, 3.63) is 35.9 Å². The van der Waals surface area contributed by atoms with Gasteiger partial charge in [0.1, 0.15) is 5.78 Å². The van der Waals surface area contributed by atoms with E-state index >= 15 is 0 Å². The maximum atomic E-state index is 11.5. The zero-order valence-corrected chi connectivity index (χ0v) is 10.7. The Morgan fingerprint density at radius 2 is 2.00 bits per heavy atom. The number of piperidine rings is 1. The van der Waals surface area contributed by atoms with Gasteiger partial charge in [0.05, 0.1) is 0 Å². The predicted octanol–water partition coefficient (Wildman–Crippen LogP) is 2.88. The van der Waals surface area contributed by atoms with Crippen LogP contribution in [0.15, 0.2) is 30.3 Å². The standard InChI is InChI=1S/C15H21NO/c1-12(2)15-10-14(17)8-9-16(15)11-13-6-4-3-5-7-13/h3-7,12,15H,8-11H2,1-2H3/t15-/m0/s1. The fourth-order valence-corrected chi connectivity index (χ4v) is 2.57. The van der Waals surface area contributed by atoms with Crippen molar-refractivity contribution in [3.8, 4) is 0 Å². The predicted molar refractivity (Wildman–Crippen MR) is 69.7 cm³/mol. The monoisotopic (exact) mass is 231 g/mol. The lowest BCUT2D eigenvalue weighted by Crippen LogP contribution is -2.45. The summed E-state index contributed by atoms with van der Waals surface area (Å²) in [4.78, 5) is 14.0. The zero-order chi connectivity index (χ0) is 12.3. The van der Waals surface area contributed by atoms with Gasteiger partial charge in [-0.3, -0.25) is 9.69 Å². The first kappa shape index (κ1) is 12.3. The average molecular weight is 231 g/mol. The molecule has 1 aliphatic heterocycles. The number of ketones is 1. The van der Waals surface area contributed by atoms with Gasteiger partial charge in [0.2, 0.25) is 0 Å². The Bertz CT molecular complexity index is 372. The Balaban J connectivity index is 2.06. The Labute approximate surface area is 104 Å². The maximum Gasteiger partial charge on any atom is 0.135 e. The molecule has 2 rings (SSSR count). The second-order valence-electron chi connectivity index (χ2n) is 5.26. The normalized spacial score (nSPS) is 22.1. The molecule has 2 heteroatoms. The molecule has 1 aromatic rings. The van der Waals surface area contributed by atoms with Gasteiger partial charge in [-0.25, -0.2) is 0 Å². The summed E-state index contributed by atoms with van der Waals surface area (Å²) in [7, 11) is 0. The van der Waals surface area contributed by atoms with E-state index in [0.29, 0.717) is 17.7 Å². The quantitative estimate of drug-likeness (QED) is 0.797. The van der Waals surface area contributed by atoms with Gasteiger partial charge in [-0.1, -0.05) is 44.2 Å². The van der Waals surface area contributed by atoms with Crippen molar-refractivity contribution in [1.82, 2.24) is 4.90 Å². The van der Waals surface area contributed by atoms with Crippen LogP contribution in [0.1, 0.15) is 32.3 Å². The molecule has 0 N–H and O–H groups in total. The van der Waals surface area contributed by atoms with Crippen molar-refractivity contribution >= 4 is 5.78 Å². The summed E-state index contributed by atoms with van der Waals surface area (Å²) in [6.07, 6.45) is 1.44. The van der Waals surface area contributed by atoms with Gasteiger partial charge in [0.15, 0.2) is 0 Å². The van der Waals surface area contributed by atoms with E-state index < -0.39 is 0 Å². The molecule has 0 bridgehead atoms. The van der Waals surface area contributed by atoms with Crippen LogP contribution in [0.25, 0.3) is 0 Å². The summed E-state index contributed by atoms with van der Waals surface area (Å²) in [6.45, 7) is 6.30. The largest absolute Gasteiger partial charge is 0.300 e. The van der Waals surface area contributed by atoms with E-state index in [4.69, 9.17) is 0 Å². The summed E-state index contributed by atoms with van der Waals surface area (Å²) in [5, 5.41) is 0. The molecule has 2 nitrogen and oxygen atoms in total. The SMILES string of the molecule is CC(C)[C@@H]1CC(=O)CCN1Cc1ccccc1. The van der Waals surface area contributed by atoms with E-state index in [1.54, 1.807) is 0 Å². The summed E-state index contributed by atoms with van der Waals surface area (Å²) >= 11 is 0. The molecule has 0 radical (unpaired) electrons. The van der Waals surface area contributed by atoms with Crippen molar-refractivity contribution in [1.29, 1.82) is 0 Å². The molecule has 1 aromatic carbocycles. The highest BCUT2D eigenvalue weighted by Crippen LogP contribution is 2.23. The molecule has 1 saturated heterocycles. The molecular formula is C15H21NO. The number of nitrogens with zero attached hydrogens (tertiary/aromatic N) is 1. The Morgan fingerprint density at radius 3 is 2.65 bits per heavy atom. The van der Waals surface area contributed by atoms with Crippen LogP contribution in [-0.4, -0.2) is 23.3 Å². The van der Waals surface area contributed by atoms with Crippen LogP contribution in [-0.2, 0) is 11.3 Å². The Morgan fingerprint density at radius 1 is 1.29 bits per heavy atom. The van der Waals surface area contributed by atoms with Crippen molar-refractivity contribution < 1.29 is 4.79 Å². The van der Waals surface area contributed by atoms with Crippen LogP contribution in [0, 0.1) is 5.92 Å². The highest BCUT2D eigenvalue weighted by molar-refractivity contribution is 5.80. The van der Waals surface area contributed by atoms with Gasteiger partial charge in [0, 0.05) is 32.0 Å². The van der Waals surface area contributed by atoms with Crippen molar-refractivity contribution in [2.75, 3.05) is 6.54 Å². The second kappa shape index (κ2) is 5.46. The molecule has 1 fully saturated rings. The molecule has 92 valence electrons. The molecule has 0 amide bonds. The molecule has 0 spiro atoms. The minimum absolute atomic E-state index is 0.413. The van der Waals surface area contributed by atoms with Crippen molar-refractivity contribution in [2.24, 2.45) is 5.92 Å². The van der Waals surface area contributed by atoms with Crippen molar-refractivity contribution in [2.45, 2.75) is 39.3 Å². The van der Waals surface area contributed by atoms with Crippen LogP contribution >= 0.6 is 0 Å². The first-order valence-electron chi connectivity index (χ1n) is 6.46. The van der Waals surface area contributed by atoms with Crippen molar-refractivity contribution in [3.63, 3.8) is 0 Å². The number of hydrogen-bond donors (Lipinski definition) is 0. The van der Waals surface area contributed by atoms with Crippen LogP contribution in [0.2, 0.25) is 0 Å². The third-order valence-electron chi connectivity index (χ3n) is 3.58. The maximum absolute atomic E-state index is 11.5. The molecule has 1 aliphatic rings. The lowest BCUT2D eigenvalue weighted by molar-refractivity contribution is -0.124. The number of benzene rings is 1. The van der Waals surface area contributed by atoms with Gasteiger partial charge in [-0.2, -0.15) is 0 Å². The Hall–Kier alpha value is -1.15. The smallest absolute Gasteiger partial charge is 0.135 e. The van der Waals surface area contributed by atoms with E-state index in [0.717, 1.165) is 25.9 Å². The molecule has 0 aromatic heterocycles. The van der Waals surface area contributed by atoms with Gasteiger partial charge in [0.25, 0.3) is 0 Å². The van der Waals surface area contributed by atoms with Crippen LogP contribution in [0.5, 0.6) is 0 Å². The molecular weight excluding hydrogens is 210 g/mol. The fourth-order valence-electron chi connectivity index (χ4n) is 2.57. The highest BCUT2D eigenvalue weighted by atomic mass is 16.1. The first-order valence-corrected chi connectivity index (χ1v) is 6.46. The summed E-state index contributed by atoms with van der Waals surface area (Å²) in [5.74, 6) is 0.968. The third kappa shape index (κ3) is 3.16. The average Bonchev–Trinajstić information content (AvgIpc) is 2.32. The summed E-state index contributed by atoms with van der Waals surface area (Å²) in [6, 6.07) is 10.9. The van der Waals surface area contributed by atoms with E-state index in [2.05, 4.69) is 43.0 Å². The minimum atomic E-state index is 0.413. The van der Waals surface area contributed by atoms with Crippen LogP contribution in [0.3, 0.4) is 0 Å². The first-order chi connectivity index (χ1) is 8.16. The molecule has 17 heavy (non-hydrogen) atoms. The highest BCUT2D eigenvalue weighted by Gasteiger charge is 2.28. The molecule has 0 saturated carbocycles. The lowest BCUT2D eigenvalue weighted by Gasteiger charge is -2.37. The van der Waals surface area contributed by atoms with E-state index in [1.165, 1.54) is 5.56 Å². The fraction of sp³-hybridized carbons (Fsp3) is 0.533. The summed E-state index contributed by atoms with van der Waals surface area (Å²) in [5.41, 5.74) is 1.34. The minimum Gasteiger partial charge on any atom is -0.300 e. The van der Waals surface area contributed by atoms with E-state index in [9.17, 15) is 4.79 Å². The number of likely N-dealkylation sites (tertiary alicyclic amines) is 1. The van der Waals surface area contributed by atoms with Gasteiger partial charge >= 0.3 is 0 Å². The van der Waals surface area contributed by atoms with E-state index in [-0.39, 0.29) is 0 Å². The van der Waals surface area contributed by atoms with Gasteiger partial charge < -0.3 is 0 Å². The third-order valence-corrected chi connectivity index (χ3v) is 3.58. The molecule has 0 unspecified atom stereocenters. The van der Waals surface area contributed by atoms with Gasteiger partial charge in [-0.15, -0.1) is 0 Å². The number of carbonyl (C=O) groups is 1. The van der Waals surface area contributed by atoms with Gasteiger partial charge in [-0.05, 0) is 11.5 Å². The zero-order valence-electron chi connectivity index (χ0n) is 10.7.